The number of sulfone groups is 1. The first-order valence-electron chi connectivity index (χ1n) is 3.89. The van der Waals surface area contributed by atoms with Crippen molar-refractivity contribution in [3.05, 3.63) is 24.3 Å². The summed E-state index contributed by atoms with van der Waals surface area (Å²) in [6, 6.07) is 2.93. The van der Waals surface area contributed by atoms with E-state index < -0.39 is 15.8 Å². The molecule has 0 aromatic carbocycles. The van der Waals surface area contributed by atoms with Gasteiger partial charge in [0.25, 0.3) is 0 Å². The lowest BCUT2D eigenvalue weighted by Crippen LogP contribution is -2.04. The van der Waals surface area contributed by atoms with Gasteiger partial charge in [0.1, 0.15) is 9.84 Å². The van der Waals surface area contributed by atoms with Crippen LogP contribution >= 0.6 is 11.8 Å². The number of halogens is 1. The molecular formula is C8H10FNO2S2. The quantitative estimate of drug-likeness (QED) is 0.584. The van der Waals surface area contributed by atoms with E-state index in [9.17, 15) is 12.8 Å². The van der Waals surface area contributed by atoms with Crippen LogP contribution < -0.4 is 0 Å². The number of hydrogen-bond donors (Lipinski definition) is 0. The monoisotopic (exact) mass is 235 g/mol. The minimum atomic E-state index is -2.93. The molecule has 0 amide bonds. The van der Waals surface area contributed by atoms with Gasteiger partial charge in [-0.25, -0.2) is 13.4 Å². The van der Waals surface area contributed by atoms with Gasteiger partial charge in [0.15, 0.2) is 0 Å². The molecule has 1 aromatic heterocycles. The lowest BCUT2D eigenvalue weighted by Gasteiger charge is -1.99. The van der Waals surface area contributed by atoms with Gasteiger partial charge in [-0.1, -0.05) is 0 Å². The summed E-state index contributed by atoms with van der Waals surface area (Å²) in [6.07, 6.45) is 2.54. The van der Waals surface area contributed by atoms with Gasteiger partial charge in [-0.2, -0.15) is 4.39 Å². The largest absolute Gasteiger partial charge is 0.229 e. The van der Waals surface area contributed by atoms with Crippen molar-refractivity contribution in [1.82, 2.24) is 4.98 Å². The van der Waals surface area contributed by atoms with Crippen LogP contribution in [-0.2, 0) is 9.84 Å². The van der Waals surface area contributed by atoms with Crippen LogP contribution in [0.1, 0.15) is 0 Å². The van der Waals surface area contributed by atoms with E-state index in [0.29, 0.717) is 10.6 Å². The molecule has 14 heavy (non-hydrogen) atoms. The minimum absolute atomic E-state index is 0.0988. The molecule has 0 atom stereocenters. The van der Waals surface area contributed by atoms with Gasteiger partial charge in [-0.3, -0.25) is 0 Å². The van der Waals surface area contributed by atoms with Gasteiger partial charge in [0, 0.05) is 29.2 Å². The first-order chi connectivity index (χ1) is 6.47. The van der Waals surface area contributed by atoms with Crippen LogP contribution in [-0.4, -0.2) is 31.2 Å². The molecule has 0 saturated carbocycles. The van der Waals surface area contributed by atoms with Crippen LogP contribution in [0.2, 0.25) is 0 Å². The van der Waals surface area contributed by atoms with Gasteiger partial charge in [-0.15, -0.1) is 11.8 Å². The lowest BCUT2D eigenvalue weighted by atomic mass is 10.5. The fourth-order valence-corrected chi connectivity index (χ4v) is 2.90. The first-order valence-corrected chi connectivity index (χ1v) is 6.94. The molecule has 0 aliphatic rings. The van der Waals surface area contributed by atoms with Crippen LogP contribution in [0.15, 0.2) is 23.2 Å². The Kier molecular flexibility index (Phi) is 3.88. The van der Waals surface area contributed by atoms with Crippen molar-refractivity contribution < 1.29 is 12.8 Å². The molecule has 1 heterocycles. The Morgan fingerprint density at radius 2 is 2.29 bits per heavy atom. The molecular weight excluding hydrogens is 225 g/mol. The van der Waals surface area contributed by atoms with Crippen LogP contribution in [0.5, 0.6) is 0 Å². The molecule has 0 N–H and O–H groups in total. The Morgan fingerprint density at radius 1 is 1.57 bits per heavy atom. The second-order valence-corrected chi connectivity index (χ2v) is 6.22. The third-order valence-electron chi connectivity index (χ3n) is 1.42. The summed E-state index contributed by atoms with van der Waals surface area (Å²) in [5.41, 5.74) is 0. The van der Waals surface area contributed by atoms with Crippen LogP contribution in [0.4, 0.5) is 4.39 Å². The number of rotatable bonds is 4. The molecule has 6 heteroatoms. The Bertz CT molecular complexity index is 406. The van der Waals surface area contributed by atoms with Gasteiger partial charge in [0.05, 0.1) is 5.75 Å². The van der Waals surface area contributed by atoms with Crippen molar-refractivity contribution in [2.45, 2.75) is 4.90 Å². The van der Waals surface area contributed by atoms with Crippen LogP contribution in [0, 0.1) is 5.95 Å². The molecule has 0 fully saturated rings. The maximum atomic E-state index is 12.6. The Balaban J connectivity index is 2.47. The predicted molar refractivity (Wildman–Crippen MR) is 54.6 cm³/mol. The van der Waals surface area contributed by atoms with E-state index in [1.54, 1.807) is 6.07 Å². The van der Waals surface area contributed by atoms with E-state index in [1.807, 2.05) is 0 Å². The van der Waals surface area contributed by atoms with Crippen molar-refractivity contribution in [3.8, 4) is 0 Å². The van der Waals surface area contributed by atoms with E-state index in [4.69, 9.17) is 0 Å². The molecule has 0 unspecified atom stereocenters. The summed E-state index contributed by atoms with van der Waals surface area (Å²) >= 11 is 1.30. The van der Waals surface area contributed by atoms with E-state index in [1.165, 1.54) is 30.3 Å². The first kappa shape index (κ1) is 11.5. The normalized spacial score (nSPS) is 11.6. The zero-order valence-corrected chi connectivity index (χ0v) is 9.24. The summed E-state index contributed by atoms with van der Waals surface area (Å²) < 4.78 is 34.2. The van der Waals surface area contributed by atoms with E-state index >= 15 is 0 Å². The van der Waals surface area contributed by atoms with Crippen molar-refractivity contribution >= 4 is 21.6 Å². The molecule has 3 nitrogen and oxygen atoms in total. The topological polar surface area (TPSA) is 47.0 Å². The zero-order valence-electron chi connectivity index (χ0n) is 7.60. The van der Waals surface area contributed by atoms with Gasteiger partial charge in [0.2, 0.25) is 5.95 Å². The third kappa shape index (κ3) is 4.57. The van der Waals surface area contributed by atoms with Gasteiger partial charge in [-0.05, 0) is 6.07 Å². The minimum Gasteiger partial charge on any atom is -0.229 e. The molecule has 0 spiro atoms. The molecule has 0 aliphatic carbocycles. The summed E-state index contributed by atoms with van der Waals surface area (Å²) in [6.45, 7) is 0. The fraction of sp³-hybridized carbons (Fsp3) is 0.375. The summed E-state index contributed by atoms with van der Waals surface area (Å²) in [7, 11) is -2.93. The number of aromatic nitrogens is 1. The highest BCUT2D eigenvalue weighted by atomic mass is 32.2. The lowest BCUT2D eigenvalue weighted by molar-refractivity contribution is 0.579. The van der Waals surface area contributed by atoms with Crippen molar-refractivity contribution in [2.24, 2.45) is 0 Å². The molecule has 1 rings (SSSR count). The molecule has 0 bridgehead atoms. The second kappa shape index (κ2) is 4.75. The van der Waals surface area contributed by atoms with Crippen molar-refractivity contribution in [3.63, 3.8) is 0 Å². The third-order valence-corrected chi connectivity index (χ3v) is 3.62. The van der Waals surface area contributed by atoms with E-state index in [0.717, 1.165) is 0 Å². The van der Waals surface area contributed by atoms with Gasteiger partial charge >= 0.3 is 0 Å². The number of hydrogen-bond acceptors (Lipinski definition) is 4. The zero-order chi connectivity index (χ0) is 10.6. The maximum Gasteiger partial charge on any atom is 0.213 e. The summed E-state index contributed by atoms with van der Waals surface area (Å²) in [4.78, 5) is 4.09. The Morgan fingerprint density at radius 3 is 2.86 bits per heavy atom. The Hall–Kier alpha value is -0.620. The number of pyridine rings is 1. The SMILES string of the molecule is CS(=O)(=O)CCSc1ccnc(F)c1. The number of thioether (sulfide) groups is 1. The van der Waals surface area contributed by atoms with E-state index in [2.05, 4.69) is 4.98 Å². The second-order valence-electron chi connectivity index (χ2n) is 2.79. The summed E-state index contributed by atoms with van der Waals surface area (Å²) in [5, 5.41) is 0. The van der Waals surface area contributed by atoms with Crippen molar-refractivity contribution in [2.75, 3.05) is 17.8 Å². The Labute approximate surface area is 86.7 Å². The van der Waals surface area contributed by atoms with Gasteiger partial charge < -0.3 is 0 Å². The predicted octanol–water partition coefficient (Wildman–Crippen LogP) is 1.36. The highest BCUT2D eigenvalue weighted by Gasteiger charge is 2.03. The smallest absolute Gasteiger partial charge is 0.213 e. The fourth-order valence-electron chi connectivity index (χ4n) is 0.785. The molecule has 0 saturated heterocycles. The highest BCUT2D eigenvalue weighted by molar-refractivity contribution is 8.00. The summed E-state index contributed by atoms with van der Waals surface area (Å²) in [5.74, 6) is -0.0153. The number of nitrogens with zero attached hydrogens (tertiary/aromatic N) is 1. The average molecular weight is 235 g/mol. The maximum absolute atomic E-state index is 12.6. The van der Waals surface area contributed by atoms with Crippen LogP contribution in [0.3, 0.4) is 0 Å². The van der Waals surface area contributed by atoms with Crippen molar-refractivity contribution in [1.29, 1.82) is 0 Å². The van der Waals surface area contributed by atoms with Crippen LogP contribution in [0.25, 0.3) is 0 Å². The standard InChI is InChI=1S/C8H10FNO2S2/c1-14(11,12)5-4-13-7-2-3-10-8(9)6-7/h2-3,6H,4-5H2,1H3. The van der Waals surface area contributed by atoms with E-state index in [-0.39, 0.29) is 5.75 Å². The highest BCUT2D eigenvalue weighted by Crippen LogP contribution is 2.17. The molecule has 78 valence electrons. The molecule has 0 radical (unpaired) electrons. The molecule has 1 aromatic rings. The average Bonchev–Trinajstić information content (AvgIpc) is 2.01. The molecule has 0 aliphatic heterocycles.